The van der Waals surface area contributed by atoms with Gasteiger partial charge in [0.2, 0.25) is 5.88 Å². The average Bonchev–Trinajstić information content (AvgIpc) is 2.69. The Kier molecular flexibility index (Phi) is 5.79. The molecule has 0 saturated heterocycles. The van der Waals surface area contributed by atoms with Crippen LogP contribution in [0.3, 0.4) is 0 Å². The van der Waals surface area contributed by atoms with E-state index in [9.17, 15) is 8.78 Å². The molecule has 0 amide bonds. The number of hydrogen-bond donors (Lipinski definition) is 0. The molecule has 3 rings (SSSR count). The molecule has 0 fully saturated rings. The molecular formula is C22H22F2N2O. The summed E-state index contributed by atoms with van der Waals surface area (Å²) < 4.78 is 33.9. The fraction of sp³-hybridized carbons (Fsp3) is 0.273. The van der Waals surface area contributed by atoms with Crippen LogP contribution >= 0.6 is 0 Å². The van der Waals surface area contributed by atoms with Gasteiger partial charge in [-0.25, -0.2) is 18.7 Å². The van der Waals surface area contributed by atoms with Crippen LogP contribution in [0.5, 0.6) is 11.6 Å². The van der Waals surface area contributed by atoms with Gasteiger partial charge in [-0.3, -0.25) is 0 Å². The molecule has 27 heavy (non-hydrogen) atoms. The third-order valence-electron chi connectivity index (χ3n) is 4.42. The maximum atomic E-state index is 14.0. The Morgan fingerprint density at radius 2 is 1.70 bits per heavy atom. The van der Waals surface area contributed by atoms with Crippen LogP contribution in [0.15, 0.2) is 61.1 Å². The van der Waals surface area contributed by atoms with Gasteiger partial charge in [-0.1, -0.05) is 44.5 Å². The molecule has 0 aliphatic rings. The van der Waals surface area contributed by atoms with Crippen molar-refractivity contribution in [3.05, 3.63) is 72.2 Å². The summed E-state index contributed by atoms with van der Waals surface area (Å²) in [5.74, 6) is -1.97. The van der Waals surface area contributed by atoms with Crippen molar-refractivity contribution in [2.75, 3.05) is 0 Å². The zero-order chi connectivity index (χ0) is 19.3. The van der Waals surface area contributed by atoms with E-state index in [0.29, 0.717) is 18.1 Å². The molecule has 0 saturated carbocycles. The van der Waals surface area contributed by atoms with Crippen molar-refractivity contribution in [2.24, 2.45) is 0 Å². The first-order valence-electron chi connectivity index (χ1n) is 9.09. The Balaban J connectivity index is 1.89. The van der Waals surface area contributed by atoms with Crippen LogP contribution in [-0.2, 0) is 12.3 Å². The van der Waals surface area contributed by atoms with E-state index in [-0.39, 0.29) is 12.0 Å². The summed E-state index contributed by atoms with van der Waals surface area (Å²) in [6, 6.07) is 13.9. The second-order valence-corrected chi connectivity index (χ2v) is 6.33. The number of rotatable bonds is 7. The Morgan fingerprint density at radius 3 is 2.41 bits per heavy atom. The number of alkyl halides is 2. The minimum absolute atomic E-state index is 0.00376. The van der Waals surface area contributed by atoms with E-state index in [1.54, 1.807) is 25.3 Å². The quantitative estimate of drug-likeness (QED) is 0.485. The van der Waals surface area contributed by atoms with Crippen molar-refractivity contribution in [3.8, 4) is 22.8 Å². The number of aromatic nitrogens is 2. The van der Waals surface area contributed by atoms with Gasteiger partial charge in [-0.15, -0.1) is 0 Å². The topological polar surface area (TPSA) is 35.0 Å². The predicted octanol–water partition coefficient (Wildman–Crippen LogP) is 6.39. The highest BCUT2D eigenvalue weighted by Crippen LogP contribution is 2.36. The van der Waals surface area contributed by atoms with Crippen molar-refractivity contribution in [1.82, 2.24) is 9.97 Å². The van der Waals surface area contributed by atoms with Gasteiger partial charge in [-0.05, 0) is 41.8 Å². The fourth-order valence-corrected chi connectivity index (χ4v) is 3.01. The second-order valence-electron chi connectivity index (χ2n) is 6.33. The monoisotopic (exact) mass is 368 g/mol. The van der Waals surface area contributed by atoms with Crippen LogP contribution in [0.25, 0.3) is 11.1 Å². The third kappa shape index (κ3) is 4.30. The lowest BCUT2D eigenvalue weighted by Gasteiger charge is -2.16. The highest BCUT2D eigenvalue weighted by atomic mass is 19.3. The molecule has 5 heteroatoms. The molecule has 140 valence electrons. The largest absolute Gasteiger partial charge is 0.438 e. The van der Waals surface area contributed by atoms with Crippen LogP contribution in [0.2, 0.25) is 0 Å². The number of nitrogens with zero attached hydrogens (tertiary/aromatic N) is 2. The normalized spacial score (nSPS) is 11.4. The van der Waals surface area contributed by atoms with Gasteiger partial charge in [0, 0.05) is 18.2 Å². The minimum Gasteiger partial charge on any atom is -0.438 e. The van der Waals surface area contributed by atoms with Gasteiger partial charge in [0.25, 0.3) is 5.92 Å². The van der Waals surface area contributed by atoms with Gasteiger partial charge < -0.3 is 4.74 Å². The Hall–Kier alpha value is -2.82. The zero-order valence-corrected chi connectivity index (χ0v) is 15.5. The molecular weight excluding hydrogens is 346 g/mol. The van der Waals surface area contributed by atoms with Crippen molar-refractivity contribution < 1.29 is 13.5 Å². The third-order valence-corrected chi connectivity index (χ3v) is 4.42. The molecule has 3 nitrogen and oxygen atoms in total. The number of benzene rings is 2. The summed E-state index contributed by atoms with van der Waals surface area (Å²) in [7, 11) is 0. The smallest absolute Gasteiger partial charge is 0.273 e. The lowest BCUT2D eigenvalue weighted by atomic mass is 10.00. The molecule has 0 unspecified atom stereocenters. The molecule has 3 aromatic rings. The van der Waals surface area contributed by atoms with Gasteiger partial charge in [0.05, 0.1) is 5.56 Å². The van der Waals surface area contributed by atoms with E-state index < -0.39 is 5.92 Å². The SMILES string of the molecule is CCCC(F)(F)c1ccc(Oc2ncncc2-c2ccccc2CC)cc1. The minimum atomic E-state index is -2.83. The number of ether oxygens (including phenoxy) is 1. The standard InChI is InChI=1S/C22H22F2N2O/c1-3-13-22(23,24)17-9-11-18(12-10-17)27-21-20(14-25-15-26-21)19-8-6-5-7-16(19)4-2/h5-12,14-15H,3-4,13H2,1-2H3. The van der Waals surface area contributed by atoms with Crippen LogP contribution < -0.4 is 4.74 Å². The number of hydrogen-bond acceptors (Lipinski definition) is 3. The molecule has 2 aromatic carbocycles. The molecule has 0 N–H and O–H groups in total. The number of halogens is 2. The molecule has 0 bridgehead atoms. The van der Waals surface area contributed by atoms with E-state index in [1.165, 1.54) is 18.5 Å². The van der Waals surface area contributed by atoms with Crippen molar-refractivity contribution in [2.45, 2.75) is 39.0 Å². The molecule has 0 aliphatic heterocycles. The summed E-state index contributed by atoms with van der Waals surface area (Å²) in [6.45, 7) is 3.83. The van der Waals surface area contributed by atoms with Gasteiger partial charge in [0.1, 0.15) is 12.1 Å². The Morgan fingerprint density at radius 1 is 0.963 bits per heavy atom. The lowest BCUT2D eigenvalue weighted by Crippen LogP contribution is -2.12. The van der Waals surface area contributed by atoms with Gasteiger partial charge in [0.15, 0.2) is 0 Å². The fourth-order valence-electron chi connectivity index (χ4n) is 3.01. The van der Waals surface area contributed by atoms with Crippen LogP contribution in [-0.4, -0.2) is 9.97 Å². The van der Waals surface area contributed by atoms with Gasteiger partial charge >= 0.3 is 0 Å². The summed E-state index contributed by atoms with van der Waals surface area (Å²) in [6.07, 6.45) is 4.24. The second kappa shape index (κ2) is 8.25. The predicted molar refractivity (Wildman–Crippen MR) is 102 cm³/mol. The summed E-state index contributed by atoms with van der Waals surface area (Å²) in [5.41, 5.74) is 2.93. The van der Waals surface area contributed by atoms with E-state index in [1.807, 2.05) is 18.2 Å². The number of aryl methyl sites for hydroxylation is 1. The van der Waals surface area contributed by atoms with E-state index >= 15 is 0 Å². The molecule has 0 atom stereocenters. The van der Waals surface area contributed by atoms with E-state index in [0.717, 1.165) is 23.1 Å². The average molecular weight is 368 g/mol. The molecule has 0 aliphatic carbocycles. The Labute approximate surface area is 158 Å². The highest BCUT2D eigenvalue weighted by Gasteiger charge is 2.30. The van der Waals surface area contributed by atoms with E-state index in [4.69, 9.17) is 4.74 Å². The lowest BCUT2D eigenvalue weighted by molar-refractivity contribution is -0.0140. The van der Waals surface area contributed by atoms with Crippen molar-refractivity contribution in [1.29, 1.82) is 0 Å². The maximum absolute atomic E-state index is 14.0. The van der Waals surface area contributed by atoms with Crippen molar-refractivity contribution in [3.63, 3.8) is 0 Å². The molecule has 0 radical (unpaired) electrons. The summed E-state index contributed by atoms with van der Waals surface area (Å²) in [5, 5.41) is 0. The zero-order valence-electron chi connectivity index (χ0n) is 15.5. The van der Waals surface area contributed by atoms with E-state index in [2.05, 4.69) is 23.0 Å². The molecule has 1 heterocycles. The van der Waals surface area contributed by atoms with Gasteiger partial charge in [-0.2, -0.15) is 0 Å². The maximum Gasteiger partial charge on any atom is 0.273 e. The van der Waals surface area contributed by atoms with Crippen LogP contribution in [0.4, 0.5) is 8.78 Å². The Bertz CT molecular complexity index is 895. The summed E-state index contributed by atoms with van der Waals surface area (Å²) in [4.78, 5) is 8.36. The van der Waals surface area contributed by atoms with Crippen LogP contribution in [0.1, 0.15) is 37.8 Å². The first-order valence-corrected chi connectivity index (χ1v) is 9.09. The molecule has 1 aromatic heterocycles. The summed E-state index contributed by atoms with van der Waals surface area (Å²) >= 11 is 0. The first kappa shape index (κ1) is 19.0. The first-order chi connectivity index (χ1) is 13.0. The molecule has 0 spiro atoms. The van der Waals surface area contributed by atoms with Crippen molar-refractivity contribution >= 4 is 0 Å². The highest BCUT2D eigenvalue weighted by molar-refractivity contribution is 5.71. The van der Waals surface area contributed by atoms with Crippen LogP contribution in [0, 0.1) is 0 Å².